The normalized spacial score (nSPS) is 10.9. The number of azo groups is 1. The Hall–Kier alpha value is -3.25. The summed E-state index contributed by atoms with van der Waals surface area (Å²) < 4.78 is 23.9. The summed E-state index contributed by atoms with van der Waals surface area (Å²) in [6.45, 7) is 2.74. The highest BCUT2D eigenvalue weighted by molar-refractivity contribution is 6.33. The standard InChI is InChI=1S/C23H20ClFN2O3/c1-2-3-14-29-19-10-4-16(5-11-19)23(28)30-20-12-13-22(21(24)15-20)27-26-18-8-6-17(25)7-9-18/h4-13,15H,2-3,14H2,1H3. The molecular weight excluding hydrogens is 407 g/mol. The molecule has 30 heavy (non-hydrogen) atoms. The topological polar surface area (TPSA) is 60.2 Å². The van der Waals surface area contributed by atoms with Gasteiger partial charge in [-0.05, 0) is 67.1 Å². The smallest absolute Gasteiger partial charge is 0.343 e. The lowest BCUT2D eigenvalue weighted by molar-refractivity contribution is 0.0735. The van der Waals surface area contributed by atoms with Crippen LogP contribution in [0.5, 0.6) is 11.5 Å². The van der Waals surface area contributed by atoms with Crippen molar-refractivity contribution in [2.24, 2.45) is 10.2 Å². The van der Waals surface area contributed by atoms with E-state index in [9.17, 15) is 9.18 Å². The first-order chi connectivity index (χ1) is 14.5. The summed E-state index contributed by atoms with van der Waals surface area (Å²) in [4.78, 5) is 12.3. The van der Waals surface area contributed by atoms with Gasteiger partial charge in [-0.25, -0.2) is 9.18 Å². The Morgan fingerprint density at radius 3 is 2.33 bits per heavy atom. The van der Waals surface area contributed by atoms with Gasteiger partial charge in [-0.15, -0.1) is 5.11 Å². The fourth-order valence-electron chi connectivity index (χ4n) is 2.44. The predicted molar refractivity (Wildman–Crippen MR) is 114 cm³/mol. The van der Waals surface area contributed by atoms with Crippen molar-refractivity contribution >= 4 is 28.9 Å². The van der Waals surface area contributed by atoms with Gasteiger partial charge in [0.25, 0.3) is 0 Å². The van der Waals surface area contributed by atoms with Crippen molar-refractivity contribution in [2.45, 2.75) is 19.8 Å². The average Bonchev–Trinajstić information content (AvgIpc) is 2.75. The Morgan fingerprint density at radius 2 is 1.67 bits per heavy atom. The third kappa shape index (κ3) is 6.12. The molecular formula is C23H20ClFN2O3. The second-order valence-corrected chi connectivity index (χ2v) is 6.81. The van der Waals surface area contributed by atoms with Crippen LogP contribution in [0.4, 0.5) is 15.8 Å². The largest absolute Gasteiger partial charge is 0.494 e. The first-order valence-electron chi connectivity index (χ1n) is 9.47. The van der Waals surface area contributed by atoms with Crippen LogP contribution in [0.2, 0.25) is 5.02 Å². The lowest BCUT2D eigenvalue weighted by Gasteiger charge is -2.08. The molecule has 0 aliphatic heterocycles. The van der Waals surface area contributed by atoms with E-state index in [0.29, 0.717) is 29.3 Å². The number of hydrogen-bond donors (Lipinski definition) is 0. The molecule has 3 rings (SSSR count). The van der Waals surface area contributed by atoms with E-state index in [1.54, 1.807) is 36.4 Å². The van der Waals surface area contributed by atoms with Gasteiger partial charge in [0.2, 0.25) is 0 Å². The molecule has 3 aromatic carbocycles. The van der Waals surface area contributed by atoms with E-state index in [4.69, 9.17) is 21.1 Å². The van der Waals surface area contributed by atoms with E-state index in [-0.39, 0.29) is 16.6 Å². The summed E-state index contributed by atoms with van der Waals surface area (Å²) in [5.41, 5.74) is 1.29. The highest BCUT2D eigenvalue weighted by Crippen LogP contribution is 2.31. The molecule has 0 amide bonds. The molecule has 0 N–H and O–H groups in total. The number of benzene rings is 3. The third-order valence-corrected chi connectivity index (χ3v) is 4.39. The van der Waals surface area contributed by atoms with Crippen molar-refractivity contribution in [2.75, 3.05) is 6.61 Å². The summed E-state index contributed by atoms with van der Waals surface area (Å²) in [6.07, 6.45) is 2.03. The Morgan fingerprint density at radius 1 is 0.967 bits per heavy atom. The van der Waals surface area contributed by atoms with Gasteiger partial charge in [-0.3, -0.25) is 0 Å². The van der Waals surface area contributed by atoms with Gasteiger partial charge in [0.15, 0.2) is 0 Å². The molecule has 0 saturated heterocycles. The molecule has 0 atom stereocenters. The number of carbonyl (C=O) groups is 1. The summed E-state index contributed by atoms with van der Waals surface area (Å²) in [5, 5.41) is 8.32. The van der Waals surface area contributed by atoms with Gasteiger partial charge in [-0.1, -0.05) is 24.9 Å². The molecule has 0 spiro atoms. The molecule has 0 heterocycles. The maximum atomic E-state index is 12.9. The number of esters is 1. The zero-order valence-electron chi connectivity index (χ0n) is 16.3. The second-order valence-electron chi connectivity index (χ2n) is 6.41. The molecule has 0 aliphatic rings. The van der Waals surface area contributed by atoms with E-state index >= 15 is 0 Å². The Labute approximate surface area is 179 Å². The Balaban J connectivity index is 1.62. The number of carbonyl (C=O) groups excluding carboxylic acids is 1. The molecule has 0 unspecified atom stereocenters. The van der Waals surface area contributed by atoms with Crippen LogP contribution in [0.3, 0.4) is 0 Å². The second kappa shape index (κ2) is 10.5. The summed E-state index contributed by atoms with van der Waals surface area (Å²) in [7, 11) is 0. The van der Waals surface area contributed by atoms with Crippen molar-refractivity contribution in [3.8, 4) is 11.5 Å². The van der Waals surface area contributed by atoms with E-state index in [1.165, 1.54) is 30.3 Å². The molecule has 0 bridgehead atoms. The fraction of sp³-hybridized carbons (Fsp3) is 0.174. The maximum Gasteiger partial charge on any atom is 0.343 e. The molecule has 0 fully saturated rings. The average molecular weight is 427 g/mol. The van der Waals surface area contributed by atoms with Gasteiger partial charge < -0.3 is 9.47 Å². The zero-order chi connectivity index (χ0) is 21.3. The molecule has 3 aromatic rings. The molecule has 0 radical (unpaired) electrons. The van der Waals surface area contributed by atoms with Gasteiger partial charge in [-0.2, -0.15) is 5.11 Å². The zero-order valence-corrected chi connectivity index (χ0v) is 17.1. The van der Waals surface area contributed by atoms with Crippen LogP contribution in [0, 0.1) is 5.82 Å². The van der Waals surface area contributed by atoms with E-state index in [1.807, 2.05) is 0 Å². The van der Waals surface area contributed by atoms with Crippen LogP contribution < -0.4 is 9.47 Å². The van der Waals surface area contributed by atoms with E-state index in [0.717, 1.165) is 12.8 Å². The lowest BCUT2D eigenvalue weighted by Crippen LogP contribution is -2.08. The minimum absolute atomic E-state index is 0.269. The summed E-state index contributed by atoms with van der Waals surface area (Å²) in [5.74, 6) is 0.136. The number of ether oxygens (including phenoxy) is 2. The SMILES string of the molecule is CCCCOc1ccc(C(=O)Oc2ccc(N=Nc3ccc(F)cc3)c(Cl)c2)cc1. The Bertz CT molecular complexity index is 1020. The molecule has 0 aliphatic carbocycles. The van der Waals surface area contributed by atoms with Crippen LogP contribution in [0.25, 0.3) is 0 Å². The number of hydrogen-bond acceptors (Lipinski definition) is 5. The van der Waals surface area contributed by atoms with Crippen molar-refractivity contribution in [3.63, 3.8) is 0 Å². The van der Waals surface area contributed by atoms with Crippen molar-refractivity contribution in [3.05, 3.63) is 83.1 Å². The lowest BCUT2D eigenvalue weighted by atomic mass is 10.2. The van der Waals surface area contributed by atoms with Crippen LogP contribution >= 0.6 is 11.6 Å². The summed E-state index contributed by atoms with van der Waals surface area (Å²) in [6, 6.07) is 17.0. The van der Waals surface area contributed by atoms with Gasteiger partial charge in [0.1, 0.15) is 23.0 Å². The highest BCUT2D eigenvalue weighted by atomic mass is 35.5. The minimum Gasteiger partial charge on any atom is -0.494 e. The first-order valence-corrected chi connectivity index (χ1v) is 9.85. The fourth-order valence-corrected chi connectivity index (χ4v) is 2.65. The van der Waals surface area contributed by atoms with Crippen LogP contribution in [-0.2, 0) is 0 Å². The van der Waals surface area contributed by atoms with Gasteiger partial charge in [0, 0.05) is 6.07 Å². The maximum absolute atomic E-state index is 12.9. The highest BCUT2D eigenvalue weighted by Gasteiger charge is 2.10. The number of nitrogens with zero attached hydrogens (tertiary/aromatic N) is 2. The van der Waals surface area contributed by atoms with Gasteiger partial charge in [0.05, 0.1) is 22.9 Å². The van der Waals surface area contributed by atoms with Crippen molar-refractivity contribution in [1.29, 1.82) is 0 Å². The van der Waals surface area contributed by atoms with Crippen LogP contribution in [0.1, 0.15) is 30.1 Å². The first kappa shape index (κ1) is 21.5. The van der Waals surface area contributed by atoms with Crippen LogP contribution in [0.15, 0.2) is 77.0 Å². The molecule has 5 nitrogen and oxygen atoms in total. The van der Waals surface area contributed by atoms with E-state index in [2.05, 4.69) is 17.2 Å². The molecule has 0 aromatic heterocycles. The van der Waals surface area contributed by atoms with Crippen molar-refractivity contribution in [1.82, 2.24) is 0 Å². The number of unbranched alkanes of at least 4 members (excludes halogenated alkanes) is 1. The van der Waals surface area contributed by atoms with Crippen LogP contribution in [-0.4, -0.2) is 12.6 Å². The van der Waals surface area contributed by atoms with E-state index < -0.39 is 5.97 Å². The molecule has 0 saturated carbocycles. The molecule has 7 heteroatoms. The summed E-state index contributed by atoms with van der Waals surface area (Å²) >= 11 is 6.21. The third-order valence-electron chi connectivity index (χ3n) is 4.09. The number of halogens is 2. The Kier molecular flexibility index (Phi) is 7.51. The quantitative estimate of drug-likeness (QED) is 0.164. The minimum atomic E-state index is -0.508. The van der Waals surface area contributed by atoms with Gasteiger partial charge >= 0.3 is 5.97 Å². The monoisotopic (exact) mass is 426 g/mol. The van der Waals surface area contributed by atoms with Crippen molar-refractivity contribution < 1.29 is 18.7 Å². The molecule has 154 valence electrons. The number of rotatable bonds is 8. The predicted octanol–water partition coefficient (Wildman–Crippen LogP) is 7.29.